The Morgan fingerprint density at radius 1 is 1.00 bits per heavy atom. The third-order valence-electron chi connectivity index (χ3n) is 5.47. The number of pyridine rings is 1. The molecule has 2 aromatic rings. The SMILES string of the molecule is CN=C(NCCc1ccc(OC)c(OC)c1)NCc1ccc(N2CCN(C)CC2)nc1. The van der Waals surface area contributed by atoms with Crippen LogP contribution in [0.25, 0.3) is 0 Å². The molecule has 2 heterocycles. The van der Waals surface area contributed by atoms with Crippen molar-refractivity contribution in [2.75, 3.05) is 65.9 Å². The molecule has 8 heteroatoms. The second kappa shape index (κ2) is 11.4. The quantitative estimate of drug-likeness (QED) is 0.492. The highest BCUT2D eigenvalue weighted by Crippen LogP contribution is 2.27. The van der Waals surface area contributed by atoms with E-state index in [0.717, 1.165) is 68.0 Å². The number of ether oxygens (including phenoxy) is 2. The van der Waals surface area contributed by atoms with Gasteiger partial charge in [0, 0.05) is 52.5 Å². The number of guanidine groups is 1. The Morgan fingerprint density at radius 3 is 2.39 bits per heavy atom. The summed E-state index contributed by atoms with van der Waals surface area (Å²) in [4.78, 5) is 13.6. The second-order valence-electron chi connectivity index (χ2n) is 7.61. The number of likely N-dealkylation sites (N-methyl/N-ethyl adjacent to an activating group) is 1. The predicted octanol–water partition coefficient (Wildman–Crippen LogP) is 1.76. The van der Waals surface area contributed by atoms with Gasteiger partial charge in [-0.3, -0.25) is 4.99 Å². The molecule has 3 rings (SSSR count). The summed E-state index contributed by atoms with van der Waals surface area (Å²) in [5.74, 6) is 3.30. The van der Waals surface area contributed by atoms with Gasteiger partial charge in [-0.15, -0.1) is 0 Å². The third kappa shape index (κ3) is 6.49. The zero-order valence-electron chi connectivity index (χ0n) is 19.0. The minimum atomic E-state index is 0.673. The van der Waals surface area contributed by atoms with Crippen LogP contribution >= 0.6 is 0 Å². The molecule has 0 spiro atoms. The standard InChI is InChI=1S/C23H34N6O2/c1-24-23(25-10-9-18-5-7-20(30-3)21(15-18)31-4)27-17-19-6-8-22(26-16-19)29-13-11-28(2)12-14-29/h5-8,15-16H,9-14,17H2,1-4H3,(H2,24,25,27). The van der Waals surface area contributed by atoms with Crippen LogP contribution in [0.2, 0.25) is 0 Å². The Kier molecular flexibility index (Phi) is 8.35. The van der Waals surface area contributed by atoms with Crippen LogP contribution in [-0.2, 0) is 13.0 Å². The van der Waals surface area contributed by atoms with Crippen LogP contribution in [0.3, 0.4) is 0 Å². The van der Waals surface area contributed by atoms with Gasteiger partial charge in [-0.2, -0.15) is 0 Å². The molecule has 1 fully saturated rings. The molecule has 1 aliphatic heterocycles. The number of rotatable bonds is 8. The van der Waals surface area contributed by atoms with Crippen LogP contribution in [0.5, 0.6) is 11.5 Å². The summed E-state index contributed by atoms with van der Waals surface area (Å²) < 4.78 is 10.7. The van der Waals surface area contributed by atoms with Crippen LogP contribution in [0.1, 0.15) is 11.1 Å². The minimum absolute atomic E-state index is 0.673. The van der Waals surface area contributed by atoms with Gasteiger partial charge in [-0.25, -0.2) is 4.98 Å². The number of hydrogen-bond donors (Lipinski definition) is 2. The topological polar surface area (TPSA) is 74.3 Å². The Morgan fingerprint density at radius 2 is 1.74 bits per heavy atom. The van der Waals surface area contributed by atoms with Crippen molar-refractivity contribution in [1.29, 1.82) is 0 Å². The van der Waals surface area contributed by atoms with Crippen molar-refractivity contribution in [3.8, 4) is 11.5 Å². The number of benzene rings is 1. The fourth-order valence-electron chi connectivity index (χ4n) is 3.51. The van der Waals surface area contributed by atoms with Gasteiger partial charge in [0.1, 0.15) is 5.82 Å². The maximum Gasteiger partial charge on any atom is 0.191 e. The van der Waals surface area contributed by atoms with E-state index >= 15 is 0 Å². The van der Waals surface area contributed by atoms with Crippen molar-refractivity contribution in [2.24, 2.45) is 4.99 Å². The van der Waals surface area contributed by atoms with Crippen molar-refractivity contribution in [3.63, 3.8) is 0 Å². The minimum Gasteiger partial charge on any atom is -0.493 e. The lowest BCUT2D eigenvalue weighted by Crippen LogP contribution is -2.44. The molecule has 0 unspecified atom stereocenters. The van der Waals surface area contributed by atoms with Crippen LogP contribution in [0, 0.1) is 0 Å². The Bertz CT molecular complexity index is 848. The first-order valence-electron chi connectivity index (χ1n) is 10.7. The number of nitrogens with zero attached hydrogens (tertiary/aromatic N) is 4. The van der Waals surface area contributed by atoms with Gasteiger partial charge in [-0.1, -0.05) is 12.1 Å². The van der Waals surface area contributed by atoms with E-state index < -0.39 is 0 Å². The van der Waals surface area contributed by atoms with E-state index in [0.29, 0.717) is 6.54 Å². The molecule has 0 atom stereocenters. The first-order chi connectivity index (χ1) is 15.1. The summed E-state index contributed by atoms with van der Waals surface area (Å²) in [6.45, 7) is 5.64. The average molecular weight is 427 g/mol. The van der Waals surface area contributed by atoms with Gasteiger partial charge >= 0.3 is 0 Å². The zero-order chi connectivity index (χ0) is 22.1. The Balaban J connectivity index is 1.44. The van der Waals surface area contributed by atoms with E-state index in [1.165, 1.54) is 5.56 Å². The molecular weight excluding hydrogens is 392 g/mol. The maximum atomic E-state index is 5.37. The second-order valence-corrected chi connectivity index (χ2v) is 7.61. The molecular formula is C23H34N6O2. The highest BCUT2D eigenvalue weighted by Gasteiger charge is 2.15. The number of aromatic nitrogens is 1. The molecule has 168 valence electrons. The van der Waals surface area contributed by atoms with Crippen LogP contribution < -0.4 is 25.0 Å². The lowest BCUT2D eigenvalue weighted by molar-refractivity contribution is 0.312. The van der Waals surface area contributed by atoms with Gasteiger partial charge in [0.05, 0.1) is 14.2 Å². The predicted molar refractivity (Wildman–Crippen MR) is 125 cm³/mol. The van der Waals surface area contributed by atoms with Gasteiger partial charge in [0.25, 0.3) is 0 Å². The molecule has 1 aliphatic rings. The van der Waals surface area contributed by atoms with Crippen LogP contribution in [0.15, 0.2) is 41.5 Å². The molecule has 0 aliphatic carbocycles. The third-order valence-corrected chi connectivity index (χ3v) is 5.47. The summed E-state index contributed by atoms with van der Waals surface area (Å²) in [5, 5.41) is 6.71. The van der Waals surface area contributed by atoms with Crippen LogP contribution in [0.4, 0.5) is 5.82 Å². The molecule has 1 aromatic carbocycles. The van der Waals surface area contributed by atoms with Crippen molar-refractivity contribution in [2.45, 2.75) is 13.0 Å². The van der Waals surface area contributed by atoms with E-state index in [2.05, 4.69) is 49.6 Å². The highest BCUT2D eigenvalue weighted by atomic mass is 16.5. The normalized spacial score (nSPS) is 15.0. The first-order valence-corrected chi connectivity index (χ1v) is 10.7. The molecule has 1 saturated heterocycles. The fraction of sp³-hybridized carbons (Fsp3) is 0.478. The first kappa shape index (κ1) is 22.7. The molecule has 2 N–H and O–H groups in total. The van der Waals surface area contributed by atoms with E-state index in [1.807, 2.05) is 24.4 Å². The van der Waals surface area contributed by atoms with Crippen molar-refractivity contribution in [3.05, 3.63) is 47.7 Å². The maximum absolute atomic E-state index is 5.37. The summed E-state index contributed by atoms with van der Waals surface area (Å²) in [6.07, 6.45) is 2.79. The largest absolute Gasteiger partial charge is 0.493 e. The fourth-order valence-corrected chi connectivity index (χ4v) is 3.51. The Labute approximate surface area is 185 Å². The number of nitrogens with one attached hydrogen (secondary N) is 2. The van der Waals surface area contributed by atoms with E-state index in [4.69, 9.17) is 9.47 Å². The number of hydrogen-bond acceptors (Lipinski definition) is 6. The molecule has 0 amide bonds. The zero-order valence-corrected chi connectivity index (χ0v) is 19.0. The smallest absolute Gasteiger partial charge is 0.191 e. The van der Waals surface area contributed by atoms with Crippen LogP contribution in [-0.4, -0.2) is 76.9 Å². The highest BCUT2D eigenvalue weighted by molar-refractivity contribution is 5.79. The van der Waals surface area contributed by atoms with Crippen molar-refractivity contribution in [1.82, 2.24) is 20.5 Å². The molecule has 0 bridgehead atoms. The van der Waals surface area contributed by atoms with E-state index in [9.17, 15) is 0 Å². The lowest BCUT2D eigenvalue weighted by Gasteiger charge is -2.33. The van der Waals surface area contributed by atoms with Gasteiger partial charge in [0.15, 0.2) is 17.5 Å². The number of methoxy groups -OCH3 is 2. The van der Waals surface area contributed by atoms with E-state index in [-0.39, 0.29) is 0 Å². The molecule has 31 heavy (non-hydrogen) atoms. The summed E-state index contributed by atoms with van der Waals surface area (Å²) in [5.41, 5.74) is 2.30. The van der Waals surface area contributed by atoms with Crippen molar-refractivity contribution < 1.29 is 9.47 Å². The van der Waals surface area contributed by atoms with Gasteiger partial charge in [-0.05, 0) is 42.8 Å². The average Bonchev–Trinajstić information content (AvgIpc) is 2.82. The Hall–Kier alpha value is -3.00. The van der Waals surface area contributed by atoms with Crippen molar-refractivity contribution >= 4 is 11.8 Å². The molecule has 8 nitrogen and oxygen atoms in total. The number of anilines is 1. The van der Waals surface area contributed by atoms with Gasteiger partial charge in [0.2, 0.25) is 0 Å². The summed E-state index contributed by atoms with van der Waals surface area (Å²) >= 11 is 0. The van der Waals surface area contributed by atoms with Gasteiger partial charge < -0.3 is 29.9 Å². The number of aliphatic imine (C=N–C) groups is 1. The molecule has 1 aromatic heterocycles. The molecule has 0 radical (unpaired) electrons. The monoisotopic (exact) mass is 426 g/mol. The summed E-state index contributed by atoms with van der Waals surface area (Å²) in [7, 11) is 7.23. The molecule has 0 saturated carbocycles. The number of piperazine rings is 1. The lowest BCUT2D eigenvalue weighted by atomic mass is 10.1. The summed E-state index contributed by atoms with van der Waals surface area (Å²) in [6, 6.07) is 10.2. The van der Waals surface area contributed by atoms with E-state index in [1.54, 1.807) is 21.3 Å².